The summed E-state index contributed by atoms with van der Waals surface area (Å²) >= 11 is 0. The molecule has 0 aliphatic rings. The van der Waals surface area contributed by atoms with Gasteiger partial charge in [-0.05, 0) is 39.6 Å². The summed E-state index contributed by atoms with van der Waals surface area (Å²) in [5, 5.41) is 3.33. The van der Waals surface area contributed by atoms with E-state index in [9.17, 15) is 0 Å². The van der Waals surface area contributed by atoms with Crippen molar-refractivity contribution in [3.63, 3.8) is 0 Å². The van der Waals surface area contributed by atoms with Crippen LogP contribution >= 0.6 is 0 Å². The minimum atomic E-state index is 0.315. The molecule has 1 unspecified atom stereocenters. The van der Waals surface area contributed by atoms with Gasteiger partial charge in [-0.25, -0.2) is 0 Å². The predicted molar refractivity (Wildman–Crippen MR) is 76.1 cm³/mol. The van der Waals surface area contributed by atoms with Gasteiger partial charge < -0.3 is 20.7 Å². The van der Waals surface area contributed by atoms with Crippen LogP contribution in [0.25, 0.3) is 0 Å². The maximum atomic E-state index is 5.82. The molecule has 5 nitrogen and oxygen atoms in total. The molecule has 1 aromatic heterocycles. The highest BCUT2D eigenvalue weighted by molar-refractivity contribution is 5.53. The number of nitrogens with two attached hydrogens (primary N) is 1. The van der Waals surface area contributed by atoms with Gasteiger partial charge in [0.25, 0.3) is 0 Å². The highest BCUT2D eigenvalue weighted by Gasteiger charge is 2.07. The van der Waals surface area contributed by atoms with Gasteiger partial charge in [-0.3, -0.25) is 0 Å². The van der Waals surface area contributed by atoms with E-state index >= 15 is 0 Å². The molecule has 0 spiro atoms. The third kappa shape index (κ3) is 4.79. The standard InChI is InChI=1S/C13H24N4O/c1-5-8-18-13-11(14)6-7-12(16-13)15-10(2)9-17(3)4/h6-7,10H,5,8-9,14H2,1-4H3,(H,15,16). The van der Waals surface area contributed by atoms with Gasteiger partial charge >= 0.3 is 0 Å². The van der Waals surface area contributed by atoms with Crippen LogP contribution in [-0.2, 0) is 0 Å². The molecule has 1 atom stereocenters. The Kier molecular flexibility index (Phi) is 5.71. The zero-order chi connectivity index (χ0) is 13.5. The quantitative estimate of drug-likeness (QED) is 0.775. The van der Waals surface area contributed by atoms with Crippen molar-refractivity contribution in [2.45, 2.75) is 26.3 Å². The fourth-order valence-corrected chi connectivity index (χ4v) is 1.69. The van der Waals surface area contributed by atoms with Gasteiger partial charge in [0.05, 0.1) is 12.3 Å². The molecule has 0 aliphatic heterocycles. The van der Waals surface area contributed by atoms with Crippen LogP contribution in [0.1, 0.15) is 20.3 Å². The van der Waals surface area contributed by atoms with Crippen LogP contribution in [0.3, 0.4) is 0 Å². The molecule has 0 amide bonds. The number of nitrogens with one attached hydrogen (secondary N) is 1. The molecular formula is C13H24N4O. The van der Waals surface area contributed by atoms with E-state index in [1.807, 2.05) is 26.2 Å². The number of hydrogen-bond donors (Lipinski definition) is 2. The van der Waals surface area contributed by atoms with E-state index in [2.05, 4.69) is 29.0 Å². The number of nitrogen functional groups attached to an aromatic ring is 1. The zero-order valence-corrected chi connectivity index (χ0v) is 11.7. The topological polar surface area (TPSA) is 63.4 Å². The average Bonchev–Trinajstić information content (AvgIpc) is 2.28. The summed E-state index contributed by atoms with van der Waals surface area (Å²) < 4.78 is 5.50. The highest BCUT2D eigenvalue weighted by Crippen LogP contribution is 2.21. The van der Waals surface area contributed by atoms with E-state index < -0.39 is 0 Å². The Bertz CT molecular complexity index is 368. The van der Waals surface area contributed by atoms with Gasteiger partial charge in [-0.1, -0.05) is 6.92 Å². The van der Waals surface area contributed by atoms with E-state index in [0.29, 0.717) is 24.2 Å². The van der Waals surface area contributed by atoms with E-state index in [-0.39, 0.29) is 0 Å². The zero-order valence-electron chi connectivity index (χ0n) is 11.7. The number of nitrogens with zero attached hydrogens (tertiary/aromatic N) is 2. The first-order chi connectivity index (χ1) is 8.52. The highest BCUT2D eigenvalue weighted by atomic mass is 16.5. The maximum Gasteiger partial charge on any atom is 0.239 e. The van der Waals surface area contributed by atoms with Crippen molar-refractivity contribution in [2.24, 2.45) is 0 Å². The molecule has 5 heteroatoms. The van der Waals surface area contributed by atoms with Crippen LogP contribution in [0.2, 0.25) is 0 Å². The summed E-state index contributed by atoms with van der Waals surface area (Å²) in [5.74, 6) is 1.31. The van der Waals surface area contributed by atoms with Gasteiger partial charge in [0.1, 0.15) is 5.82 Å². The number of pyridine rings is 1. The Balaban J connectivity index is 2.66. The molecule has 1 aromatic rings. The minimum Gasteiger partial charge on any atom is -0.476 e. The molecule has 0 aromatic carbocycles. The molecule has 102 valence electrons. The summed E-state index contributed by atoms with van der Waals surface area (Å²) in [6.45, 7) is 5.74. The molecule has 0 radical (unpaired) electrons. The van der Waals surface area contributed by atoms with Crippen molar-refractivity contribution in [1.82, 2.24) is 9.88 Å². The summed E-state index contributed by atoms with van der Waals surface area (Å²) in [6.07, 6.45) is 0.940. The lowest BCUT2D eigenvalue weighted by atomic mass is 10.3. The molecule has 0 aliphatic carbocycles. The number of hydrogen-bond acceptors (Lipinski definition) is 5. The van der Waals surface area contributed by atoms with E-state index in [1.54, 1.807) is 0 Å². The molecule has 3 N–H and O–H groups in total. The third-order valence-corrected chi connectivity index (χ3v) is 2.37. The fourth-order valence-electron chi connectivity index (χ4n) is 1.69. The largest absolute Gasteiger partial charge is 0.476 e. The predicted octanol–water partition coefficient (Wildman–Crippen LogP) is 1.81. The van der Waals surface area contributed by atoms with Crippen LogP contribution in [-0.4, -0.2) is 43.2 Å². The average molecular weight is 252 g/mol. The van der Waals surface area contributed by atoms with Crippen molar-refractivity contribution >= 4 is 11.5 Å². The van der Waals surface area contributed by atoms with Crippen molar-refractivity contribution in [3.8, 4) is 5.88 Å². The first kappa shape index (κ1) is 14.6. The van der Waals surface area contributed by atoms with Gasteiger partial charge in [0.15, 0.2) is 0 Å². The van der Waals surface area contributed by atoms with Gasteiger partial charge in [-0.2, -0.15) is 4.98 Å². The van der Waals surface area contributed by atoms with Gasteiger partial charge in [0, 0.05) is 12.6 Å². The third-order valence-electron chi connectivity index (χ3n) is 2.37. The van der Waals surface area contributed by atoms with Crippen molar-refractivity contribution in [2.75, 3.05) is 38.3 Å². The molecule has 1 heterocycles. The van der Waals surface area contributed by atoms with Crippen molar-refractivity contribution in [3.05, 3.63) is 12.1 Å². The molecule has 18 heavy (non-hydrogen) atoms. The molecule has 0 saturated heterocycles. The van der Waals surface area contributed by atoms with Crippen molar-refractivity contribution < 1.29 is 4.74 Å². The van der Waals surface area contributed by atoms with Crippen LogP contribution in [0.5, 0.6) is 5.88 Å². The second kappa shape index (κ2) is 7.06. The summed E-state index contributed by atoms with van der Waals surface area (Å²) in [4.78, 5) is 6.51. The van der Waals surface area contributed by atoms with Crippen LogP contribution in [0, 0.1) is 0 Å². The lowest BCUT2D eigenvalue weighted by Crippen LogP contribution is -2.29. The second-order valence-corrected chi connectivity index (χ2v) is 4.75. The Morgan fingerprint density at radius 2 is 2.17 bits per heavy atom. The summed E-state index contributed by atoms with van der Waals surface area (Å²) in [5.41, 5.74) is 6.40. The first-order valence-electron chi connectivity index (χ1n) is 6.33. The SMILES string of the molecule is CCCOc1nc(NC(C)CN(C)C)ccc1N. The number of rotatable bonds is 7. The van der Waals surface area contributed by atoms with E-state index in [4.69, 9.17) is 10.5 Å². The maximum absolute atomic E-state index is 5.82. The van der Waals surface area contributed by atoms with Crippen LogP contribution in [0.15, 0.2) is 12.1 Å². The summed E-state index contributed by atoms with van der Waals surface area (Å²) in [7, 11) is 4.09. The summed E-state index contributed by atoms with van der Waals surface area (Å²) in [6, 6.07) is 4.01. The first-order valence-corrected chi connectivity index (χ1v) is 6.33. The Morgan fingerprint density at radius 1 is 1.44 bits per heavy atom. The lowest BCUT2D eigenvalue weighted by molar-refractivity contribution is 0.307. The smallest absolute Gasteiger partial charge is 0.239 e. The molecule has 0 fully saturated rings. The van der Waals surface area contributed by atoms with Gasteiger partial charge in [0.2, 0.25) is 5.88 Å². The van der Waals surface area contributed by atoms with Crippen LogP contribution in [0.4, 0.5) is 11.5 Å². The minimum absolute atomic E-state index is 0.315. The molecule has 0 bridgehead atoms. The number of likely N-dealkylation sites (N-methyl/N-ethyl adjacent to an activating group) is 1. The van der Waals surface area contributed by atoms with Crippen molar-refractivity contribution in [1.29, 1.82) is 0 Å². The Labute approximate surface area is 109 Å². The monoisotopic (exact) mass is 252 g/mol. The van der Waals surface area contributed by atoms with Gasteiger partial charge in [-0.15, -0.1) is 0 Å². The number of aromatic nitrogens is 1. The second-order valence-electron chi connectivity index (χ2n) is 4.75. The Morgan fingerprint density at radius 3 is 2.78 bits per heavy atom. The van der Waals surface area contributed by atoms with E-state index in [1.165, 1.54) is 0 Å². The number of ether oxygens (including phenoxy) is 1. The number of anilines is 2. The lowest BCUT2D eigenvalue weighted by Gasteiger charge is -2.19. The normalized spacial score (nSPS) is 12.5. The van der Waals surface area contributed by atoms with Crippen LogP contribution < -0.4 is 15.8 Å². The fraction of sp³-hybridized carbons (Fsp3) is 0.615. The van der Waals surface area contributed by atoms with E-state index in [0.717, 1.165) is 18.8 Å². The molecule has 0 saturated carbocycles. The Hall–Kier alpha value is -1.49. The molecular weight excluding hydrogens is 228 g/mol. The molecule has 1 rings (SSSR count).